The van der Waals surface area contributed by atoms with Gasteiger partial charge in [-0.05, 0) is 0 Å². The molecule has 0 fully saturated rings. The Labute approximate surface area is 137 Å². The van der Waals surface area contributed by atoms with E-state index in [9.17, 15) is 0 Å². The van der Waals surface area contributed by atoms with Crippen LogP contribution in [0.1, 0.15) is 0 Å². The summed E-state index contributed by atoms with van der Waals surface area (Å²) in [5.41, 5.74) is 0. The molecule has 0 N–H and O–H groups in total. The Balaban J connectivity index is 0.000000255. The first-order valence-corrected chi connectivity index (χ1v) is 8.07. The largest absolute Gasteiger partial charge is 0.184 e. The molecule has 0 aliphatic carbocycles. The Kier molecular flexibility index (Phi) is 16.5. The molecule has 0 saturated carbocycles. The van der Waals surface area contributed by atoms with Crippen LogP contribution >= 0.6 is 9.30 Å². The minimum atomic E-state index is 1.47. The zero-order valence-corrected chi connectivity index (χ0v) is 13.4. The summed E-state index contributed by atoms with van der Waals surface area (Å²) in [7, 11) is 4.64. The van der Waals surface area contributed by atoms with Gasteiger partial charge in [-0.3, -0.25) is 0 Å². The minimum Gasteiger partial charge on any atom is -0.184 e. The van der Waals surface area contributed by atoms with Gasteiger partial charge < -0.3 is 0 Å². The summed E-state index contributed by atoms with van der Waals surface area (Å²) in [6.07, 6.45) is 0. The Bertz CT molecular complexity index is 302. The van der Waals surface area contributed by atoms with Crippen LogP contribution < -0.4 is 0 Å². The third kappa shape index (κ3) is 14.7. The summed E-state index contributed by atoms with van der Waals surface area (Å²) < 4.78 is 0. The van der Waals surface area contributed by atoms with Gasteiger partial charge in [0, 0.05) is 0 Å². The molecular weight excluding hydrogens is 300 g/mol. The Morgan fingerprint density at radius 1 is 0.400 bits per heavy atom. The van der Waals surface area contributed by atoms with E-state index in [0.717, 1.165) is 0 Å². The van der Waals surface area contributed by atoms with E-state index in [1.165, 1.54) is 19.4 Å². The summed E-state index contributed by atoms with van der Waals surface area (Å²) in [5, 5.41) is 0. The molecule has 0 spiro atoms. The van der Waals surface area contributed by atoms with Crippen LogP contribution in [0.4, 0.5) is 0 Å². The third-order valence-electron chi connectivity index (χ3n) is 1.82. The van der Waals surface area contributed by atoms with Gasteiger partial charge in [-0.1, -0.05) is 0 Å². The van der Waals surface area contributed by atoms with Gasteiger partial charge in [-0.15, -0.1) is 0 Å². The van der Waals surface area contributed by atoms with Gasteiger partial charge in [-0.25, -0.2) is 0 Å². The number of benzene rings is 3. The van der Waals surface area contributed by atoms with Crippen molar-refractivity contribution in [3.8, 4) is 0 Å². The topological polar surface area (TPSA) is 0 Å². The van der Waals surface area contributed by atoms with E-state index in [-0.39, 0.29) is 0 Å². The van der Waals surface area contributed by atoms with Crippen molar-refractivity contribution in [3.63, 3.8) is 0 Å². The van der Waals surface area contributed by atoms with Gasteiger partial charge in [0.1, 0.15) is 0 Å². The predicted octanol–water partition coefficient (Wildman–Crippen LogP) is 5.15. The van der Waals surface area contributed by atoms with Gasteiger partial charge in [0.25, 0.3) is 0 Å². The second-order valence-corrected chi connectivity index (χ2v) is 3.23. The molecule has 0 radical (unpaired) electrons. The van der Waals surface area contributed by atoms with E-state index in [1.807, 2.05) is 91.0 Å². The first kappa shape index (κ1) is 18.7. The van der Waals surface area contributed by atoms with Gasteiger partial charge in [0.15, 0.2) is 0 Å². The second-order valence-electron chi connectivity index (χ2n) is 3.23. The van der Waals surface area contributed by atoms with Crippen LogP contribution in [0.3, 0.4) is 0 Å². The first-order valence-electron chi connectivity index (χ1n) is 5.92. The average Bonchev–Trinajstić information content (AvgIpc) is 2.62. The van der Waals surface area contributed by atoms with Crippen LogP contribution in [0.15, 0.2) is 91.0 Å². The van der Waals surface area contributed by atoms with Crippen LogP contribution in [-0.4, -0.2) is 0 Å². The number of rotatable bonds is 0. The Hall–Kier alpha value is -1.34. The molecule has 98 valence electrons. The molecule has 20 heavy (non-hydrogen) atoms. The van der Waals surface area contributed by atoms with E-state index in [2.05, 4.69) is 27.5 Å². The molecule has 3 aromatic rings. The van der Waals surface area contributed by atoms with E-state index in [0.29, 0.717) is 0 Å². The van der Waals surface area contributed by atoms with Gasteiger partial charge >= 0.3 is 28.7 Å². The van der Waals surface area contributed by atoms with Crippen molar-refractivity contribution in [1.29, 1.82) is 0 Å². The zero-order valence-electron chi connectivity index (χ0n) is 11.0. The van der Waals surface area contributed by atoms with Crippen LogP contribution in [-0.2, 0) is 19.4 Å². The monoisotopic (exact) mass is 314 g/mol. The fourth-order valence-corrected chi connectivity index (χ4v) is 1.03. The van der Waals surface area contributed by atoms with Crippen molar-refractivity contribution in [1.82, 2.24) is 0 Å². The fourth-order valence-electron chi connectivity index (χ4n) is 1.03. The summed E-state index contributed by atoms with van der Waals surface area (Å²) in [4.78, 5) is 0. The van der Waals surface area contributed by atoms with Crippen LogP contribution in [0, 0.1) is 18.2 Å². The summed E-state index contributed by atoms with van der Waals surface area (Å²) in [5.74, 6) is 0. The zero-order chi connectivity index (χ0) is 14.7. The summed E-state index contributed by atoms with van der Waals surface area (Å²) >= 11 is 1.47. The molecule has 0 amide bonds. The fraction of sp³-hybridized carbons (Fsp3) is 0. The predicted molar refractivity (Wildman–Crippen MR) is 81.7 cm³/mol. The molecule has 0 atom stereocenters. The third-order valence-corrected chi connectivity index (χ3v) is 1.82. The Morgan fingerprint density at radius 3 is 0.650 bits per heavy atom. The second kappa shape index (κ2) is 17.7. The van der Waals surface area contributed by atoms with Crippen molar-refractivity contribution in [3.05, 3.63) is 109 Å². The Morgan fingerprint density at radius 2 is 0.600 bits per heavy atom. The normalized spacial score (nSPS) is 7.55. The van der Waals surface area contributed by atoms with E-state index < -0.39 is 0 Å². The summed E-state index contributed by atoms with van der Waals surface area (Å²) in [6, 6.07) is 37.5. The molecule has 0 heterocycles. The smallest absolute Gasteiger partial charge is 0.171 e. The maximum absolute atomic E-state index is 4.64. The van der Waals surface area contributed by atoms with Gasteiger partial charge in [0.05, 0.1) is 0 Å². The molecule has 0 unspecified atom stereocenters. The van der Waals surface area contributed by atoms with E-state index in [4.69, 9.17) is 0 Å². The molecule has 0 nitrogen and oxygen atoms in total. The minimum absolute atomic E-state index is 1.47. The molecule has 3 rings (SSSR count). The van der Waals surface area contributed by atoms with Gasteiger partial charge in [-0.2, -0.15) is 109 Å². The maximum atomic E-state index is 4.64. The number of hydrogen-bond donors (Lipinski definition) is 0. The van der Waals surface area contributed by atoms with E-state index in [1.54, 1.807) is 0 Å². The van der Waals surface area contributed by atoms with Crippen LogP contribution in [0.25, 0.3) is 0 Å². The molecule has 2 heteroatoms. The quantitative estimate of drug-likeness (QED) is 0.398. The van der Waals surface area contributed by atoms with E-state index >= 15 is 0 Å². The molecular formula is C18H15ClTi. The molecule has 0 bridgehead atoms. The maximum Gasteiger partial charge on any atom is -0.171 e. The molecule has 0 aromatic heterocycles. The van der Waals surface area contributed by atoms with Crippen LogP contribution in [0.2, 0.25) is 0 Å². The van der Waals surface area contributed by atoms with Crippen molar-refractivity contribution in [2.75, 3.05) is 0 Å². The molecule has 0 aliphatic heterocycles. The number of halogens is 1. The van der Waals surface area contributed by atoms with Gasteiger partial charge in [0.2, 0.25) is 0 Å². The van der Waals surface area contributed by atoms with Crippen LogP contribution in [0.5, 0.6) is 0 Å². The average molecular weight is 315 g/mol. The molecule has 0 aliphatic rings. The van der Waals surface area contributed by atoms with Crippen molar-refractivity contribution >= 4 is 9.30 Å². The number of hydrogen-bond acceptors (Lipinski definition) is 0. The van der Waals surface area contributed by atoms with Crippen molar-refractivity contribution in [2.45, 2.75) is 0 Å². The SMILES string of the molecule is [Cl][Ti+3].[c-]1ccccc1.[c-]1ccccc1.[c-]1ccccc1. The first-order chi connectivity index (χ1) is 10.0. The molecule has 0 saturated heterocycles. The van der Waals surface area contributed by atoms with Crippen molar-refractivity contribution < 1.29 is 19.4 Å². The standard InChI is InChI=1S/3C6H5.ClH.Ti/c3*1-2-4-6-5-3-1;;/h3*1-5H;1H;/q3*-1;;+4/p-1. The van der Waals surface area contributed by atoms with Crippen molar-refractivity contribution in [2.24, 2.45) is 0 Å². The summed E-state index contributed by atoms with van der Waals surface area (Å²) in [6.45, 7) is 0. The molecule has 3 aromatic carbocycles.